The highest BCUT2D eigenvalue weighted by Crippen LogP contribution is 2.10. The zero-order valence-electron chi connectivity index (χ0n) is 7.46. The number of anilines is 1. The number of nitrogens with one attached hydrogen (secondary N) is 1. The molecule has 1 rings (SSSR count). The van der Waals surface area contributed by atoms with E-state index in [-0.39, 0.29) is 0 Å². The Morgan fingerprint density at radius 3 is 2.58 bits per heavy atom. The van der Waals surface area contributed by atoms with Crippen LogP contribution in [0.4, 0.5) is 5.95 Å². The smallest absolute Gasteiger partial charge is 0.226 e. The fourth-order valence-electron chi connectivity index (χ4n) is 0.759. The molecule has 5 heteroatoms. The topological polar surface area (TPSA) is 50.7 Å². The molecule has 0 spiro atoms. The van der Waals surface area contributed by atoms with Crippen molar-refractivity contribution in [1.29, 1.82) is 0 Å². The Balaban J connectivity index is 3.01. The Morgan fingerprint density at radius 2 is 2.08 bits per heavy atom. The van der Waals surface area contributed by atoms with Gasteiger partial charge in [0.25, 0.3) is 0 Å². The minimum atomic E-state index is 0.645. The van der Waals surface area contributed by atoms with E-state index in [0.717, 1.165) is 17.4 Å². The molecule has 66 valence electrons. The lowest BCUT2D eigenvalue weighted by atomic mass is 10.5. The molecular formula is C7H12N4S. The van der Waals surface area contributed by atoms with Crippen molar-refractivity contribution in [3.63, 3.8) is 0 Å². The van der Waals surface area contributed by atoms with Crippen molar-refractivity contribution in [3.05, 3.63) is 5.82 Å². The standard InChI is InChI=1S/C7H12N4S/c1-4-5-9-6(8-2)11-7(10-5)12-3/h4H2,1-3H3,(H,8,9,10,11). The summed E-state index contributed by atoms with van der Waals surface area (Å²) < 4.78 is 0. The first-order valence-electron chi connectivity index (χ1n) is 3.76. The molecule has 0 radical (unpaired) electrons. The molecule has 0 aromatic carbocycles. The summed E-state index contributed by atoms with van der Waals surface area (Å²) in [7, 11) is 1.80. The van der Waals surface area contributed by atoms with E-state index in [1.165, 1.54) is 11.8 Å². The van der Waals surface area contributed by atoms with Crippen LogP contribution in [0.5, 0.6) is 0 Å². The fraction of sp³-hybridized carbons (Fsp3) is 0.571. The van der Waals surface area contributed by atoms with Gasteiger partial charge in [0.2, 0.25) is 5.95 Å². The third-order valence-electron chi connectivity index (χ3n) is 1.38. The number of thioether (sulfide) groups is 1. The van der Waals surface area contributed by atoms with E-state index >= 15 is 0 Å². The number of rotatable bonds is 3. The first-order chi connectivity index (χ1) is 5.80. The minimum Gasteiger partial charge on any atom is -0.357 e. The van der Waals surface area contributed by atoms with Crippen LogP contribution in [0.15, 0.2) is 5.16 Å². The van der Waals surface area contributed by atoms with E-state index < -0.39 is 0 Å². The molecule has 1 aromatic heterocycles. The number of hydrogen-bond acceptors (Lipinski definition) is 5. The Labute approximate surface area is 76.2 Å². The second kappa shape index (κ2) is 4.25. The van der Waals surface area contributed by atoms with Gasteiger partial charge in [-0.25, -0.2) is 4.98 Å². The normalized spacial score (nSPS) is 9.92. The molecule has 0 aliphatic rings. The van der Waals surface area contributed by atoms with Crippen molar-refractivity contribution < 1.29 is 0 Å². The molecule has 1 N–H and O–H groups in total. The highest BCUT2D eigenvalue weighted by atomic mass is 32.2. The monoisotopic (exact) mass is 184 g/mol. The van der Waals surface area contributed by atoms with Crippen LogP contribution >= 0.6 is 11.8 Å². The average molecular weight is 184 g/mol. The molecule has 0 saturated heterocycles. The molecule has 0 fully saturated rings. The molecule has 0 saturated carbocycles. The van der Waals surface area contributed by atoms with Crippen LogP contribution in [-0.4, -0.2) is 28.3 Å². The van der Waals surface area contributed by atoms with Crippen molar-refractivity contribution in [3.8, 4) is 0 Å². The summed E-state index contributed by atoms with van der Waals surface area (Å²) in [6, 6.07) is 0. The second-order valence-corrected chi connectivity index (χ2v) is 2.94. The summed E-state index contributed by atoms with van der Waals surface area (Å²) in [5.41, 5.74) is 0. The highest BCUT2D eigenvalue weighted by Gasteiger charge is 2.01. The van der Waals surface area contributed by atoms with Gasteiger partial charge in [-0.15, -0.1) is 0 Å². The maximum absolute atomic E-state index is 4.22. The van der Waals surface area contributed by atoms with Crippen LogP contribution in [0.3, 0.4) is 0 Å². The van der Waals surface area contributed by atoms with Gasteiger partial charge in [-0.1, -0.05) is 18.7 Å². The molecule has 0 aliphatic carbocycles. The quantitative estimate of drug-likeness (QED) is 0.715. The molecule has 1 aromatic rings. The first kappa shape index (κ1) is 9.25. The van der Waals surface area contributed by atoms with Gasteiger partial charge < -0.3 is 5.32 Å². The second-order valence-electron chi connectivity index (χ2n) is 2.17. The van der Waals surface area contributed by atoms with E-state index in [2.05, 4.69) is 20.3 Å². The molecule has 0 bridgehead atoms. The maximum Gasteiger partial charge on any atom is 0.226 e. The summed E-state index contributed by atoms with van der Waals surface area (Å²) in [6.45, 7) is 2.03. The van der Waals surface area contributed by atoms with Crippen LogP contribution in [0.1, 0.15) is 12.7 Å². The summed E-state index contributed by atoms with van der Waals surface area (Å²) in [5, 5.41) is 3.67. The third-order valence-corrected chi connectivity index (χ3v) is 1.93. The van der Waals surface area contributed by atoms with Gasteiger partial charge in [0.1, 0.15) is 5.82 Å². The van der Waals surface area contributed by atoms with Crippen LogP contribution in [0.2, 0.25) is 0 Å². The lowest BCUT2D eigenvalue weighted by molar-refractivity contribution is 0.821. The Bertz CT molecular complexity index is 208. The van der Waals surface area contributed by atoms with E-state index in [9.17, 15) is 0 Å². The van der Waals surface area contributed by atoms with Crippen molar-refractivity contribution in [2.24, 2.45) is 0 Å². The van der Waals surface area contributed by atoms with Gasteiger partial charge in [-0.2, -0.15) is 9.97 Å². The number of aryl methyl sites for hydroxylation is 1. The Hall–Kier alpha value is -0.840. The molecule has 1 heterocycles. The number of hydrogen-bond donors (Lipinski definition) is 1. The zero-order chi connectivity index (χ0) is 8.97. The molecule has 0 unspecified atom stereocenters. The van der Waals surface area contributed by atoms with Gasteiger partial charge in [-0.3, -0.25) is 0 Å². The number of aromatic nitrogens is 3. The summed E-state index contributed by atoms with van der Waals surface area (Å²) >= 11 is 1.53. The number of nitrogens with zero attached hydrogens (tertiary/aromatic N) is 3. The zero-order valence-corrected chi connectivity index (χ0v) is 8.27. The van der Waals surface area contributed by atoms with Gasteiger partial charge >= 0.3 is 0 Å². The summed E-state index contributed by atoms with van der Waals surface area (Å²) in [5.74, 6) is 1.48. The third kappa shape index (κ3) is 2.07. The predicted molar refractivity (Wildman–Crippen MR) is 50.5 cm³/mol. The van der Waals surface area contributed by atoms with Crippen molar-refractivity contribution in [1.82, 2.24) is 15.0 Å². The first-order valence-corrected chi connectivity index (χ1v) is 4.99. The lowest BCUT2D eigenvalue weighted by Gasteiger charge is -2.02. The van der Waals surface area contributed by atoms with E-state index in [0.29, 0.717) is 5.95 Å². The van der Waals surface area contributed by atoms with E-state index in [1.807, 2.05) is 13.2 Å². The minimum absolute atomic E-state index is 0.645. The van der Waals surface area contributed by atoms with Crippen molar-refractivity contribution in [2.45, 2.75) is 18.5 Å². The summed E-state index contributed by atoms with van der Waals surface area (Å²) in [6.07, 6.45) is 2.79. The van der Waals surface area contributed by atoms with Gasteiger partial charge in [0.05, 0.1) is 0 Å². The van der Waals surface area contributed by atoms with Crippen LogP contribution in [0.25, 0.3) is 0 Å². The molecule has 12 heavy (non-hydrogen) atoms. The maximum atomic E-state index is 4.22. The van der Waals surface area contributed by atoms with Gasteiger partial charge in [0, 0.05) is 13.5 Å². The molecular weight excluding hydrogens is 172 g/mol. The van der Waals surface area contributed by atoms with Crippen molar-refractivity contribution in [2.75, 3.05) is 18.6 Å². The van der Waals surface area contributed by atoms with Crippen LogP contribution in [0, 0.1) is 0 Å². The average Bonchev–Trinajstić information content (AvgIpc) is 2.16. The highest BCUT2D eigenvalue weighted by molar-refractivity contribution is 7.98. The molecule has 0 aliphatic heterocycles. The Kier molecular flexibility index (Phi) is 3.28. The molecule has 0 amide bonds. The van der Waals surface area contributed by atoms with E-state index in [1.54, 1.807) is 7.05 Å². The molecule has 0 atom stereocenters. The SMILES string of the molecule is CCc1nc(NC)nc(SC)n1. The summed E-state index contributed by atoms with van der Waals surface area (Å²) in [4.78, 5) is 12.5. The molecule has 4 nitrogen and oxygen atoms in total. The fourth-order valence-corrected chi connectivity index (χ4v) is 1.13. The van der Waals surface area contributed by atoms with Gasteiger partial charge in [0.15, 0.2) is 5.16 Å². The van der Waals surface area contributed by atoms with E-state index in [4.69, 9.17) is 0 Å². The van der Waals surface area contributed by atoms with Crippen LogP contribution < -0.4 is 5.32 Å². The lowest BCUT2D eigenvalue weighted by Crippen LogP contribution is -2.03. The Morgan fingerprint density at radius 1 is 1.33 bits per heavy atom. The predicted octanol–water partition coefficient (Wildman–Crippen LogP) is 1.20. The van der Waals surface area contributed by atoms with Crippen LogP contribution in [-0.2, 0) is 6.42 Å². The van der Waals surface area contributed by atoms with Crippen molar-refractivity contribution >= 4 is 17.7 Å². The largest absolute Gasteiger partial charge is 0.357 e. The van der Waals surface area contributed by atoms with Gasteiger partial charge in [-0.05, 0) is 6.26 Å².